The van der Waals surface area contributed by atoms with Gasteiger partial charge in [-0.25, -0.2) is 0 Å². The van der Waals surface area contributed by atoms with E-state index in [2.05, 4.69) is 13.8 Å². The first kappa shape index (κ1) is 16.2. The van der Waals surface area contributed by atoms with E-state index in [1.807, 2.05) is 24.3 Å². The molecule has 3 rings (SSSR count). The Morgan fingerprint density at radius 3 is 2.42 bits per heavy atom. The Balaban J connectivity index is 2.12. The predicted molar refractivity (Wildman–Crippen MR) is 90.7 cm³/mol. The van der Waals surface area contributed by atoms with Gasteiger partial charge in [0.05, 0.1) is 12.0 Å². The molecule has 0 aliphatic carbocycles. The molecule has 1 aliphatic rings. The Bertz CT molecular complexity index is 803. The van der Waals surface area contributed by atoms with E-state index in [1.54, 1.807) is 6.07 Å². The van der Waals surface area contributed by atoms with Gasteiger partial charge in [-0.1, -0.05) is 38.1 Å². The molecule has 1 aliphatic heterocycles. The van der Waals surface area contributed by atoms with E-state index in [0.29, 0.717) is 17.2 Å². The van der Waals surface area contributed by atoms with Crippen LogP contribution in [0, 0.1) is 0 Å². The number of benzene rings is 2. The lowest BCUT2D eigenvalue weighted by molar-refractivity contribution is -0.135. The lowest BCUT2D eigenvalue weighted by Crippen LogP contribution is -2.21. The van der Waals surface area contributed by atoms with E-state index in [4.69, 9.17) is 4.74 Å². The molecule has 0 fully saturated rings. The van der Waals surface area contributed by atoms with Crippen LogP contribution in [-0.4, -0.2) is 16.9 Å². The van der Waals surface area contributed by atoms with Crippen molar-refractivity contribution in [3.05, 3.63) is 58.7 Å². The SMILES string of the molecule is CC(=O)c1ccc2c(c1O)[C@@H](c1ccc(C(C)C)cc1)CC(=O)O2. The molecule has 0 radical (unpaired) electrons. The fourth-order valence-electron chi connectivity index (χ4n) is 3.13. The van der Waals surface area contributed by atoms with E-state index in [-0.39, 0.29) is 35.4 Å². The van der Waals surface area contributed by atoms with Crippen LogP contribution >= 0.6 is 0 Å². The van der Waals surface area contributed by atoms with Crippen molar-refractivity contribution < 1.29 is 19.4 Å². The molecule has 0 unspecified atom stereocenters. The van der Waals surface area contributed by atoms with Gasteiger partial charge in [-0.3, -0.25) is 9.59 Å². The van der Waals surface area contributed by atoms with Crippen molar-refractivity contribution in [2.24, 2.45) is 0 Å². The van der Waals surface area contributed by atoms with Gasteiger partial charge in [0.2, 0.25) is 0 Å². The Morgan fingerprint density at radius 1 is 1.17 bits per heavy atom. The number of phenolic OH excluding ortho intramolecular Hbond substituents is 1. The highest BCUT2D eigenvalue weighted by Crippen LogP contribution is 2.45. The summed E-state index contributed by atoms with van der Waals surface area (Å²) in [5.41, 5.74) is 2.89. The van der Waals surface area contributed by atoms with E-state index < -0.39 is 0 Å². The van der Waals surface area contributed by atoms with Crippen LogP contribution in [-0.2, 0) is 4.79 Å². The number of hydrogen-bond donors (Lipinski definition) is 1. The Hall–Kier alpha value is -2.62. The van der Waals surface area contributed by atoms with Gasteiger partial charge in [-0.15, -0.1) is 0 Å². The summed E-state index contributed by atoms with van der Waals surface area (Å²) in [4.78, 5) is 23.7. The van der Waals surface area contributed by atoms with Gasteiger partial charge in [0.25, 0.3) is 0 Å². The zero-order valence-corrected chi connectivity index (χ0v) is 14.0. The average molecular weight is 324 g/mol. The normalized spacial score (nSPS) is 16.7. The van der Waals surface area contributed by atoms with Gasteiger partial charge in [0, 0.05) is 11.5 Å². The van der Waals surface area contributed by atoms with Crippen LogP contribution in [0.25, 0.3) is 0 Å². The smallest absolute Gasteiger partial charge is 0.312 e. The number of phenols is 1. The number of ether oxygens (including phenoxy) is 1. The first-order valence-electron chi connectivity index (χ1n) is 8.05. The quantitative estimate of drug-likeness (QED) is 0.523. The van der Waals surface area contributed by atoms with Crippen molar-refractivity contribution in [3.63, 3.8) is 0 Å². The third-order valence-electron chi connectivity index (χ3n) is 4.50. The Morgan fingerprint density at radius 2 is 1.83 bits per heavy atom. The molecule has 0 aromatic heterocycles. The van der Waals surface area contributed by atoms with Crippen LogP contribution in [0.1, 0.15) is 66.1 Å². The minimum atomic E-state index is -0.338. The molecule has 4 nitrogen and oxygen atoms in total. The molecule has 0 saturated heterocycles. The summed E-state index contributed by atoms with van der Waals surface area (Å²) < 4.78 is 5.25. The van der Waals surface area contributed by atoms with Gasteiger partial charge >= 0.3 is 5.97 Å². The highest BCUT2D eigenvalue weighted by atomic mass is 16.5. The number of carbonyl (C=O) groups is 2. The maximum Gasteiger partial charge on any atom is 0.312 e. The second-order valence-electron chi connectivity index (χ2n) is 6.48. The van der Waals surface area contributed by atoms with Crippen molar-refractivity contribution >= 4 is 11.8 Å². The molecule has 2 aromatic carbocycles. The van der Waals surface area contributed by atoms with Crippen LogP contribution < -0.4 is 4.74 Å². The fraction of sp³-hybridized carbons (Fsp3) is 0.300. The summed E-state index contributed by atoms with van der Waals surface area (Å²) in [6.07, 6.45) is 0.142. The third-order valence-corrected chi connectivity index (χ3v) is 4.50. The first-order valence-corrected chi connectivity index (χ1v) is 8.05. The zero-order valence-electron chi connectivity index (χ0n) is 14.0. The number of hydrogen-bond acceptors (Lipinski definition) is 4. The second-order valence-corrected chi connectivity index (χ2v) is 6.48. The monoisotopic (exact) mass is 324 g/mol. The first-order chi connectivity index (χ1) is 11.4. The molecule has 0 amide bonds. The molecule has 2 aromatic rings. The maximum absolute atomic E-state index is 11.9. The number of aromatic hydroxyl groups is 1. The lowest BCUT2D eigenvalue weighted by Gasteiger charge is -2.26. The second kappa shape index (κ2) is 6.11. The molecule has 0 spiro atoms. The van der Waals surface area contributed by atoms with Crippen LogP contribution in [0.3, 0.4) is 0 Å². The minimum Gasteiger partial charge on any atom is -0.507 e. The lowest BCUT2D eigenvalue weighted by atomic mass is 9.83. The number of ketones is 1. The Labute approximate surface area is 141 Å². The van der Waals surface area contributed by atoms with Crippen molar-refractivity contribution in [3.8, 4) is 11.5 Å². The summed E-state index contributed by atoms with van der Waals surface area (Å²) in [6, 6.07) is 11.1. The van der Waals surface area contributed by atoms with E-state index in [1.165, 1.54) is 18.6 Å². The summed E-state index contributed by atoms with van der Waals surface area (Å²) in [5, 5.41) is 10.6. The van der Waals surface area contributed by atoms with Crippen molar-refractivity contribution in [2.75, 3.05) is 0 Å². The third kappa shape index (κ3) is 2.80. The van der Waals surface area contributed by atoms with Crippen molar-refractivity contribution in [1.82, 2.24) is 0 Å². The number of Topliss-reactive ketones (excluding diaryl/α,β-unsaturated/α-hetero) is 1. The van der Waals surface area contributed by atoms with Gasteiger partial charge in [0.15, 0.2) is 5.78 Å². The van der Waals surface area contributed by atoms with E-state index in [0.717, 1.165) is 5.56 Å². The molecule has 1 atom stereocenters. The number of fused-ring (bicyclic) bond motifs is 1. The van der Waals surface area contributed by atoms with Gasteiger partial charge in [-0.2, -0.15) is 0 Å². The molecule has 1 N–H and O–H groups in total. The summed E-state index contributed by atoms with van der Waals surface area (Å²) >= 11 is 0. The molecule has 1 heterocycles. The van der Waals surface area contributed by atoms with Crippen LogP contribution in [0.15, 0.2) is 36.4 Å². The predicted octanol–water partition coefficient (Wildman–Crippen LogP) is 4.16. The van der Waals surface area contributed by atoms with Crippen LogP contribution in [0.2, 0.25) is 0 Å². The van der Waals surface area contributed by atoms with Crippen molar-refractivity contribution in [1.29, 1.82) is 0 Å². The standard InChI is InChI=1S/C20H20O4/c1-11(2)13-4-6-14(7-5-13)16-10-18(22)24-17-9-8-15(12(3)21)20(23)19(16)17/h4-9,11,16,23H,10H2,1-3H3/t16-/m1/s1. The molecular formula is C20H20O4. The fourth-order valence-corrected chi connectivity index (χ4v) is 3.13. The highest BCUT2D eigenvalue weighted by Gasteiger charge is 2.32. The maximum atomic E-state index is 11.9. The molecule has 4 heteroatoms. The average Bonchev–Trinajstić information content (AvgIpc) is 2.54. The largest absolute Gasteiger partial charge is 0.507 e. The van der Waals surface area contributed by atoms with E-state index >= 15 is 0 Å². The number of esters is 1. The molecule has 0 bridgehead atoms. The summed E-state index contributed by atoms with van der Waals surface area (Å²) in [5.74, 6) is -0.226. The van der Waals surface area contributed by atoms with E-state index in [9.17, 15) is 14.7 Å². The van der Waals surface area contributed by atoms with Gasteiger partial charge < -0.3 is 9.84 Å². The topological polar surface area (TPSA) is 63.6 Å². The summed E-state index contributed by atoms with van der Waals surface area (Å²) in [7, 11) is 0. The van der Waals surface area contributed by atoms with Crippen LogP contribution in [0.4, 0.5) is 0 Å². The van der Waals surface area contributed by atoms with Crippen molar-refractivity contribution in [2.45, 2.75) is 39.0 Å². The van der Waals surface area contributed by atoms with Crippen LogP contribution in [0.5, 0.6) is 11.5 Å². The summed E-state index contributed by atoms with van der Waals surface area (Å²) in [6.45, 7) is 5.64. The highest BCUT2D eigenvalue weighted by molar-refractivity contribution is 5.98. The zero-order chi connectivity index (χ0) is 17.4. The molecule has 0 saturated carbocycles. The molecule has 124 valence electrons. The molecular weight excluding hydrogens is 304 g/mol. The van der Waals surface area contributed by atoms with Gasteiger partial charge in [0.1, 0.15) is 11.5 Å². The number of rotatable bonds is 3. The van der Waals surface area contributed by atoms with Gasteiger partial charge in [-0.05, 0) is 36.1 Å². The number of carbonyl (C=O) groups excluding carboxylic acids is 2. The Kier molecular flexibility index (Phi) is 4.14. The minimum absolute atomic E-state index is 0.0922. The molecule has 24 heavy (non-hydrogen) atoms.